The molecule has 0 fully saturated rings. The molecule has 0 saturated heterocycles. The number of aryl methyl sites for hydroxylation is 1. The first kappa shape index (κ1) is 11.9. The van der Waals surface area contributed by atoms with Gasteiger partial charge in [-0.2, -0.15) is 0 Å². The molecule has 0 aliphatic rings. The van der Waals surface area contributed by atoms with Gasteiger partial charge in [-0.05, 0) is 19.1 Å². The standard InChI is InChI=1S/C14H13N3OS/c1-9-16-11(8-19-9)7-15-14(18)13-6-10-4-2-3-5-12(10)17-13/h2-6,8,17H,7H2,1H3,(H,15,18). The molecule has 3 aromatic rings. The van der Waals surface area contributed by atoms with E-state index in [1.165, 1.54) is 0 Å². The smallest absolute Gasteiger partial charge is 0.268 e. The number of benzene rings is 1. The number of fused-ring (bicyclic) bond motifs is 1. The van der Waals surface area contributed by atoms with Gasteiger partial charge >= 0.3 is 0 Å². The summed E-state index contributed by atoms with van der Waals surface area (Å²) in [5, 5.41) is 6.87. The number of rotatable bonds is 3. The molecule has 0 atom stereocenters. The molecule has 3 rings (SSSR count). The SMILES string of the molecule is Cc1nc(CNC(=O)c2cc3ccccc3[nH]2)cs1. The molecule has 2 N–H and O–H groups in total. The highest BCUT2D eigenvalue weighted by molar-refractivity contribution is 7.09. The van der Waals surface area contributed by atoms with Gasteiger partial charge in [0, 0.05) is 16.3 Å². The summed E-state index contributed by atoms with van der Waals surface area (Å²) in [4.78, 5) is 19.4. The average Bonchev–Trinajstić information content (AvgIpc) is 3.01. The lowest BCUT2D eigenvalue weighted by Crippen LogP contribution is -2.23. The molecular formula is C14H13N3OS. The maximum absolute atomic E-state index is 12.0. The molecular weight excluding hydrogens is 258 g/mol. The van der Waals surface area contributed by atoms with E-state index in [2.05, 4.69) is 15.3 Å². The molecule has 0 aliphatic heterocycles. The zero-order valence-electron chi connectivity index (χ0n) is 10.4. The predicted molar refractivity (Wildman–Crippen MR) is 76.3 cm³/mol. The van der Waals surface area contributed by atoms with E-state index in [1.807, 2.05) is 42.6 Å². The Kier molecular flexibility index (Phi) is 3.05. The molecule has 1 amide bonds. The van der Waals surface area contributed by atoms with E-state index in [0.29, 0.717) is 12.2 Å². The van der Waals surface area contributed by atoms with Crippen molar-refractivity contribution in [2.45, 2.75) is 13.5 Å². The third kappa shape index (κ3) is 2.51. The van der Waals surface area contributed by atoms with Gasteiger partial charge < -0.3 is 10.3 Å². The summed E-state index contributed by atoms with van der Waals surface area (Å²) in [6.07, 6.45) is 0. The third-order valence-corrected chi connectivity index (χ3v) is 3.69. The summed E-state index contributed by atoms with van der Waals surface area (Å²) in [6, 6.07) is 9.69. The van der Waals surface area contributed by atoms with Crippen LogP contribution in [0.15, 0.2) is 35.7 Å². The highest BCUT2D eigenvalue weighted by atomic mass is 32.1. The highest BCUT2D eigenvalue weighted by Gasteiger charge is 2.09. The van der Waals surface area contributed by atoms with E-state index < -0.39 is 0 Å². The van der Waals surface area contributed by atoms with Crippen LogP contribution in [0.3, 0.4) is 0 Å². The summed E-state index contributed by atoms with van der Waals surface area (Å²) < 4.78 is 0. The summed E-state index contributed by atoms with van der Waals surface area (Å²) >= 11 is 1.59. The first-order chi connectivity index (χ1) is 9.22. The first-order valence-corrected chi connectivity index (χ1v) is 6.87. The van der Waals surface area contributed by atoms with Crippen molar-refractivity contribution in [3.05, 3.63) is 52.1 Å². The van der Waals surface area contributed by atoms with Gasteiger partial charge in [-0.25, -0.2) is 4.98 Å². The molecule has 96 valence electrons. The zero-order chi connectivity index (χ0) is 13.2. The summed E-state index contributed by atoms with van der Waals surface area (Å²) in [5.74, 6) is -0.109. The third-order valence-electron chi connectivity index (χ3n) is 2.87. The number of H-pyrrole nitrogens is 1. The van der Waals surface area contributed by atoms with E-state index in [1.54, 1.807) is 11.3 Å². The van der Waals surface area contributed by atoms with Gasteiger partial charge in [0.25, 0.3) is 5.91 Å². The van der Waals surface area contributed by atoms with Crippen molar-refractivity contribution in [3.8, 4) is 0 Å². The van der Waals surface area contributed by atoms with Crippen LogP contribution in [-0.4, -0.2) is 15.9 Å². The Morgan fingerprint density at radius 3 is 3.00 bits per heavy atom. The number of hydrogen-bond acceptors (Lipinski definition) is 3. The van der Waals surface area contributed by atoms with Gasteiger partial charge in [0.2, 0.25) is 0 Å². The minimum atomic E-state index is -0.109. The lowest BCUT2D eigenvalue weighted by atomic mass is 10.2. The average molecular weight is 271 g/mol. The van der Waals surface area contributed by atoms with Crippen molar-refractivity contribution in [2.24, 2.45) is 0 Å². The zero-order valence-corrected chi connectivity index (χ0v) is 11.3. The van der Waals surface area contributed by atoms with Gasteiger partial charge in [0.05, 0.1) is 17.2 Å². The molecule has 0 radical (unpaired) electrons. The lowest BCUT2D eigenvalue weighted by Gasteiger charge is -2.00. The van der Waals surface area contributed by atoms with Gasteiger partial charge in [-0.1, -0.05) is 18.2 Å². The Balaban J connectivity index is 1.73. The van der Waals surface area contributed by atoms with Crippen LogP contribution >= 0.6 is 11.3 Å². The van der Waals surface area contributed by atoms with Crippen molar-refractivity contribution in [3.63, 3.8) is 0 Å². The number of hydrogen-bond donors (Lipinski definition) is 2. The number of aromatic amines is 1. The number of para-hydroxylation sites is 1. The largest absolute Gasteiger partial charge is 0.351 e. The second-order valence-electron chi connectivity index (χ2n) is 4.31. The van der Waals surface area contributed by atoms with Crippen LogP contribution in [0.2, 0.25) is 0 Å². The number of amides is 1. The van der Waals surface area contributed by atoms with Crippen molar-refractivity contribution in [2.75, 3.05) is 0 Å². The Morgan fingerprint density at radius 2 is 2.26 bits per heavy atom. The van der Waals surface area contributed by atoms with E-state index in [-0.39, 0.29) is 5.91 Å². The molecule has 0 saturated carbocycles. The minimum absolute atomic E-state index is 0.109. The number of aromatic nitrogens is 2. The topological polar surface area (TPSA) is 57.8 Å². The van der Waals surface area contributed by atoms with Gasteiger partial charge in [0.1, 0.15) is 5.69 Å². The molecule has 4 nitrogen and oxygen atoms in total. The van der Waals surface area contributed by atoms with Crippen LogP contribution in [0.1, 0.15) is 21.2 Å². The Bertz CT molecular complexity index is 696. The van der Waals surface area contributed by atoms with Crippen molar-refractivity contribution in [1.82, 2.24) is 15.3 Å². The first-order valence-electron chi connectivity index (χ1n) is 5.99. The molecule has 0 unspecified atom stereocenters. The summed E-state index contributed by atoms with van der Waals surface area (Å²) in [5.41, 5.74) is 2.44. The van der Waals surface area contributed by atoms with Crippen molar-refractivity contribution in [1.29, 1.82) is 0 Å². The molecule has 0 spiro atoms. The number of thiazole rings is 1. The molecule has 5 heteroatoms. The molecule has 1 aromatic carbocycles. The van der Waals surface area contributed by atoms with Crippen molar-refractivity contribution < 1.29 is 4.79 Å². The normalized spacial score (nSPS) is 10.8. The van der Waals surface area contributed by atoms with Gasteiger partial charge in [-0.15, -0.1) is 11.3 Å². The second kappa shape index (κ2) is 4.85. The van der Waals surface area contributed by atoms with Crippen LogP contribution < -0.4 is 5.32 Å². The lowest BCUT2D eigenvalue weighted by molar-refractivity contribution is 0.0946. The number of nitrogens with zero attached hydrogens (tertiary/aromatic N) is 1. The van der Waals surface area contributed by atoms with Crippen LogP contribution in [0.5, 0.6) is 0 Å². The van der Waals surface area contributed by atoms with Crippen LogP contribution in [0.4, 0.5) is 0 Å². The van der Waals surface area contributed by atoms with Crippen molar-refractivity contribution >= 4 is 28.1 Å². The van der Waals surface area contributed by atoms with E-state index in [0.717, 1.165) is 21.6 Å². The fraction of sp³-hybridized carbons (Fsp3) is 0.143. The van der Waals surface area contributed by atoms with Gasteiger partial charge in [-0.3, -0.25) is 4.79 Å². The van der Waals surface area contributed by atoms with Crippen LogP contribution in [0.25, 0.3) is 10.9 Å². The quantitative estimate of drug-likeness (QED) is 0.769. The fourth-order valence-electron chi connectivity index (χ4n) is 1.95. The molecule has 2 heterocycles. The maximum atomic E-state index is 12.0. The Hall–Kier alpha value is -2.14. The van der Waals surface area contributed by atoms with E-state index in [4.69, 9.17) is 0 Å². The van der Waals surface area contributed by atoms with Gasteiger partial charge in [0.15, 0.2) is 0 Å². The fourth-order valence-corrected chi connectivity index (χ4v) is 2.56. The summed E-state index contributed by atoms with van der Waals surface area (Å²) in [6.45, 7) is 2.41. The summed E-state index contributed by atoms with van der Waals surface area (Å²) in [7, 11) is 0. The Labute approximate surface area is 114 Å². The second-order valence-corrected chi connectivity index (χ2v) is 5.37. The number of nitrogens with one attached hydrogen (secondary N) is 2. The maximum Gasteiger partial charge on any atom is 0.268 e. The van der Waals surface area contributed by atoms with E-state index in [9.17, 15) is 4.79 Å². The highest BCUT2D eigenvalue weighted by Crippen LogP contribution is 2.14. The minimum Gasteiger partial charge on any atom is -0.351 e. The number of carbonyl (C=O) groups is 1. The molecule has 19 heavy (non-hydrogen) atoms. The van der Waals surface area contributed by atoms with Crippen LogP contribution in [0, 0.1) is 6.92 Å². The molecule has 0 bridgehead atoms. The monoisotopic (exact) mass is 271 g/mol. The predicted octanol–water partition coefficient (Wildman–Crippen LogP) is 2.86. The molecule has 0 aliphatic carbocycles. The number of carbonyl (C=O) groups excluding carboxylic acids is 1. The molecule has 2 aromatic heterocycles. The van der Waals surface area contributed by atoms with Crippen LogP contribution in [-0.2, 0) is 6.54 Å². The van der Waals surface area contributed by atoms with E-state index >= 15 is 0 Å². The Morgan fingerprint density at radius 1 is 1.42 bits per heavy atom.